The standard InChI is InChI=1S/C11H17NO2S/c1-6-5-10(9(4)15-6)7(2)12-8(3)11(13)14/h5,7-8,12H,1-4H3,(H,13,14). The summed E-state index contributed by atoms with van der Waals surface area (Å²) >= 11 is 1.75. The van der Waals surface area contributed by atoms with E-state index < -0.39 is 12.0 Å². The number of thiophene rings is 1. The molecule has 0 aliphatic carbocycles. The summed E-state index contributed by atoms with van der Waals surface area (Å²) < 4.78 is 0. The molecule has 0 saturated heterocycles. The van der Waals surface area contributed by atoms with E-state index in [1.165, 1.54) is 15.3 Å². The lowest BCUT2D eigenvalue weighted by Gasteiger charge is -2.16. The van der Waals surface area contributed by atoms with Gasteiger partial charge in [0.25, 0.3) is 0 Å². The maximum atomic E-state index is 10.7. The summed E-state index contributed by atoms with van der Waals surface area (Å²) in [7, 11) is 0. The molecule has 0 bridgehead atoms. The van der Waals surface area contributed by atoms with Crippen molar-refractivity contribution < 1.29 is 9.90 Å². The Bertz CT molecular complexity index is 359. The molecular weight excluding hydrogens is 210 g/mol. The molecule has 84 valence electrons. The van der Waals surface area contributed by atoms with Gasteiger partial charge in [0.2, 0.25) is 0 Å². The van der Waals surface area contributed by atoms with E-state index in [1.54, 1.807) is 18.3 Å². The second-order valence-corrected chi connectivity index (χ2v) is 5.28. The zero-order valence-corrected chi connectivity index (χ0v) is 10.3. The molecule has 1 heterocycles. The molecule has 3 nitrogen and oxygen atoms in total. The molecule has 0 aliphatic rings. The minimum atomic E-state index is -0.813. The van der Waals surface area contributed by atoms with Gasteiger partial charge in [0.05, 0.1) is 0 Å². The van der Waals surface area contributed by atoms with Crippen LogP contribution in [0.2, 0.25) is 0 Å². The molecule has 0 radical (unpaired) electrons. The third kappa shape index (κ3) is 3.04. The van der Waals surface area contributed by atoms with E-state index in [9.17, 15) is 4.79 Å². The first kappa shape index (κ1) is 12.2. The van der Waals surface area contributed by atoms with Crippen LogP contribution in [0, 0.1) is 13.8 Å². The van der Waals surface area contributed by atoms with Gasteiger partial charge in [-0.15, -0.1) is 11.3 Å². The summed E-state index contributed by atoms with van der Waals surface area (Å²) in [6.07, 6.45) is 0. The quantitative estimate of drug-likeness (QED) is 0.831. The fraction of sp³-hybridized carbons (Fsp3) is 0.545. The third-order valence-electron chi connectivity index (χ3n) is 2.42. The van der Waals surface area contributed by atoms with Gasteiger partial charge in [-0.2, -0.15) is 0 Å². The number of hydrogen-bond donors (Lipinski definition) is 2. The number of carboxylic acids is 1. The fourth-order valence-electron chi connectivity index (χ4n) is 1.62. The first-order chi connectivity index (χ1) is 6.91. The van der Waals surface area contributed by atoms with Crippen LogP contribution < -0.4 is 5.32 Å². The highest BCUT2D eigenvalue weighted by Gasteiger charge is 2.17. The normalized spacial score (nSPS) is 14.9. The van der Waals surface area contributed by atoms with Crippen molar-refractivity contribution in [3.63, 3.8) is 0 Å². The number of rotatable bonds is 4. The molecule has 0 spiro atoms. The Kier molecular flexibility index (Phi) is 3.88. The van der Waals surface area contributed by atoms with E-state index in [0.717, 1.165) is 0 Å². The van der Waals surface area contributed by atoms with Crippen LogP contribution in [0.15, 0.2) is 6.07 Å². The first-order valence-electron chi connectivity index (χ1n) is 4.97. The van der Waals surface area contributed by atoms with E-state index in [1.807, 2.05) is 6.92 Å². The molecule has 2 atom stereocenters. The maximum Gasteiger partial charge on any atom is 0.320 e. The lowest BCUT2D eigenvalue weighted by Crippen LogP contribution is -2.35. The summed E-state index contributed by atoms with van der Waals surface area (Å²) in [6, 6.07) is 1.69. The van der Waals surface area contributed by atoms with Crippen molar-refractivity contribution in [3.05, 3.63) is 21.4 Å². The third-order valence-corrected chi connectivity index (χ3v) is 3.40. The van der Waals surface area contributed by atoms with Crippen LogP contribution in [0.4, 0.5) is 0 Å². The van der Waals surface area contributed by atoms with Crippen LogP contribution in [0.3, 0.4) is 0 Å². The van der Waals surface area contributed by atoms with E-state index in [0.29, 0.717) is 0 Å². The molecule has 0 aromatic carbocycles. The molecule has 4 heteroatoms. The molecule has 1 aromatic rings. The van der Waals surface area contributed by atoms with Gasteiger partial charge in [-0.3, -0.25) is 10.1 Å². The molecule has 0 aliphatic heterocycles. The average Bonchev–Trinajstić information content (AvgIpc) is 2.44. The van der Waals surface area contributed by atoms with E-state index in [2.05, 4.69) is 25.2 Å². The molecule has 1 rings (SSSR count). The number of carboxylic acid groups (broad SMARTS) is 1. The van der Waals surface area contributed by atoms with Crippen molar-refractivity contribution in [2.45, 2.75) is 39.8 Å². The highest BCUT2D eigenvalue weighted by molar-refractivity contribution is 7.12. The minimum absolute atomic E-state index is 0.0843. The minimum Gasteiger partial charge on any atom is -0.480 e. The van der Waals surface area contributed by atoms with Gasteiger partial charge in [-0.1, -0.05) is 0 Å². The summed E-state index contributed by atoms with van der Waals surface area (Å²) in [5.74, 6) is -0.813. The number of aliphatic carboxylic acids is 1. The predicted molar refractivity (Wildman–Crippen MR) is 62.4 cm³/mol. The Morgan fingerprint density at radius 1 is 1.47 bits per heavy atom. The van der Waals surface area contributed by atoms with Crippen LogP contribution in [0.25, 0.3) is 0 Å². The average molecular weight is 227 g/mol. The van der Waals surface area contributed by atoms with E-state index >= 15 is 0 Å². The second-order valence-electron chi connectivity index (χ2n) is 3.82. The number of nitrogens with one attached hydrogen (secondary N) is 1. The number of aryl methyl sites for hydroxylation is 2. The lowest BCUT2D eigenvalue weighted by atomic mass is 10.1. The zero-order valence-electron chi connectivity index (χ0n) is 9.50. The summed E-state index contributed by atoms with van der Waals surface area (Å²) in [5, 5.41) is 11.8. The molecule has 2 N–H and O–H groups in total. The summed E-state index contributed by atoms with van der Waals surface area (Å²) in [4.78, 5) is 13.2. The topological polar surface area (TPSA) is 49.3 Å². The Morgan fingerprint density at radius 2 is 2.07 bits per heavy atom. The Labute approximate surface area is 94.1 Å². The number of hydrogen-bond acceptors (Lipinski definition) is 3. The molecular formula is C11H17NO2S. The Morgan fingerprint density at radius 3 is 2.47 bits per heavy atom. The van der Waals surface area contributed by atoms with Crippen molar-refractivity contribution in [3.8, 4) is 0 Å². The van der Waals surface area contributed by atoms with Crippen LogP contribution in [0.5, 0.6) is 0 Å². The Hall–Kier alpha value is -0.870. The van der Waals surface area contributed by atoms with Crippen molar-refractivity contribution in [1.29, 1.82) is 0 Å². The van der Waals surface area contributed by atoms with Crippen LogP contribution in [-0.2, 0) is 4.79 Å². The largest absolute Gasteiger partial charge is 0.480 e. The van der Waals surface area contributed by atoms with Crippen molar-refractivity contribution in [2.24, 2.45) is 0 Å². The lowest BCUT2D eigenvalue weighted by molar-refractivity contribution is -0.139. The van der Waals surface area contributed by atoms with Gasteiger partial charge in [-0.05, 0) is 39.3 Å². The first-order valence-corrected chi connectivity index (χ1v) is 5.79. The molecule has 0 amide bonds. The highest BCUT2D eigenvalue weighted by Crippen LogP contribution is 2.26. The Balaban J connectivity index is 2.72. The van der Waals surface area contributed by atoms with Crippen molar-refractivity contribution in [1.82, 2.24) is 5.32 Å². The second kappa shape index (κ2) is 4.77. The fourth-order valence-corrected chi connectivity index (χ4v) is 2.64. The van der Waals surface area contributed by atoms with Crippen molar-refractivity contribution >= 4 is 17.3 Å². The monoisotopic (exact) mass is 227 g/mol. The molecule has 0 saturated carbocycles. The van der Waals surface area contributed by atoms with Crippen LogP contribution in [0.1, 0.15) is 35.2 Å². The number of carbonyl (C=O) groups is 1. The molecule has 15 heavy (non-hydrogen) atoms. The van der Waals surface area contributed by atoms with Crippen molar-refractivity contribution in [2.75, 3.05) is 0 Å². The van der Waals surface area contributed by atoms with E-state index in [4.69, 9.17) is 5.11 Å². The van der Waals surface area contributed by atoms with Crippen LogP contribution >= 0.6 is 11.3 Å². The zero-order chi connectivity index (χ0) is 11.6. The maximum absolute atomic E-state index is 10.7. The van der Waals surface area contributed by atoms with Gasteiger partial charge in [-0.25, -0.2) is 0 Å². The predicted octanol–water partition coefficient (Wildman–Crippen LogP) is 2.49. The molecule has 1 aromatic heterocycles. The SMILES string of the molecule is Cc1cc(C(C)NC(C)C(=O)O)c(C)s1. The smallest absolute Gasteiger partial charge is 0.320 e. The van der Waals surface area contributed by atoms with Crippen LogP contribution in [-0.4, -0.2) is 17.1 Å². The van der Waals surface area contributed by atoms with Gasteiger partial charge in [0.15, 0.2) is 0 Å². The van der Waals surface area contributed by atoms with Gasteiger partial charge >= 0.3 is 5.97 Å². The van der Waals surface area contributed by atoms with Gasteiger partial charge in [0, 0.05) is 15.8 Å². The molecule has 2 unspecified atom stereocenters. The molecule has 0 fully saturated rings. The van der Waals surface area contributed by atoms with Gasteiger partial charge < -0.3 is 5.11 Å². The highest BCUT2D eigenvalue weighted by atomic mass is 32.1. The van der Waals surface area contributed by atoms with Gasteiger partial charge in [0.1, 0.15) is 6.04 Å². The van der Waals surface area contributed by atoms with E-state index in [-0.39, 0.29) is 6.04 Å². The summed E-state index contributed by atoms with van der Waals surface area (Å²) in [6.45, 7) is 7.78. The summed E-state index contributed by atoms with van der Waals surface area (Å²) in [5.41, 5.74) is 1.20.